The SMILES string of the molecule is CC/C=C/CC(O)C(O)C(F)(F)C(N)C(=O)O. The molecule has 0 aromatic carbocycles. The molecule has 0 aromatic heterocycles. The third-order valence-electron chi connectivity index (χ3n) is 2.22. The lowest BCUT2D eigenvalue weighted by molar-refractivity contribution is -0.179. The van der Waals surface area contributed by atoms with Crippen LogP contribution in [0.2, 0.25) is 0 Å². The smallest absolute Gasteiger partial charge is 0.326 e. The number of hydrogen-bond donors (Lipinski definition) is 4. The second-order valence-corrected chi connectivity index (χ2v) is 3.62. The molecule has 0 spiro atoms. The first kappa shape index (κ1) is 16.0. The monoisotopic (exact) mass is 253 g/mol. The van der Waals surface area contributed by atoms with Gasteiger partial charge in [-0.3, -0.25) is 4.79 Å². The van der Waals surface area contributed by atoms with Crippen molar-refractivity contribution in [2.45, 2.75) is 43.9 Å². The summed E-state index contributed by atoms with van der Waals surface area (Å²) in [5, 5.41) is 26.8. The summed E-state index contributed by atoms with van der Waals surface area (Å²) in [6.07, 6.45) is -0.764. The topological polar surface area (TPSA) is 104 Å². The van der Waals surface area contributed by atoms with Crippen molar-refractivity contribution in [1.29, 1.82) is 0 Å². The van der Waals surface area contributed by atoms with E-state index in [9.17, 15) is 23.8 Å². The van der Waals surface area contributed by atoms with Crippen molar-refractivity contribution in [2.75, 3.05) is 0 Å². The molecular formula is C10H17F2NO4. The summed E-state index contributed by atoms with van der Waals surface area (Å²) in [5.74, 6) is -6.03. The number of carbonyl (C=O) groups is 1. The van der Waals surface area contributed by atoms with Crippen molar-refractivity contribution in [2.24, 2.45) is 5.73 Å². The van der Waals surface area contributed by atoms with Crippen LogP contribution in [-0.2, 0) is 4.79 Å². The average Bonchev–Trinajstić information content (AvgIpc) is 2.26. The van der Waals surface area contributed by atoms with Crippen LogP contribution in [0.4, 0.5) is 8.78 Å². The average molecular weight is 253 g/mol. The largest absolute Gasteiger partial charge is 0.480 e. The molecule has 5 nitrogen and oxygen atoms in total. The number of aliphatic carboxylic acids is 1. The van der Waals surface area contributed by atoms with Crippen molar-refractivity contribution in [1.82, 2.24) is 0 Å². The van der Waals surface area contributed by atoms with Crippen molar-refractivity contribution in [3.05, 3.63) is 12.2 Å². The van der Waals surface area contributed by atoms with Crippen LogP contribution in [0.25, 0.3) is 0 Å². The highest BCUT2D eigenvalue weighted by molar-refractivity contribution is 5.74. The zero-order valence-electron chi connectivity index (χ0n) is 9.38. The molecule has 0 amide bonds. The molecule has 17 heavy (non-hydrogen) atoms. The molecule has 0 aliphatic carbocycles. The first-order valence-electron chi connectivity index (χ1n) is 5.12. The van der Waals surface area contributed by atoms with Crippen LogP contribution in [0.3, 0.4) is 0 Å². The highest BCUT2D eigenvalue weighted by Crippen LogP contribution is 2.25. The van der Waals surface area contributed by atoms with Crippen molar-refractivity contribution < 1.29 is 28.9 Å². The first-order valence-corrected chi connectivity index (χ1v) is 5.12. The summed E-state index contributed by atoms with van der Waals surface area (Å²) in [6.45, 7) is 1.81. The predicted octanol–water partition coefficient (Wildman–Crippen LogP) is 0.112. The Morgan fingerprint density at radius 2 is 1.94 bits per heavy atom. The highest BCUT2D eigenvalue weighted by Gasteiger charge is 2.51. The molecule has 0 aliphatic heterocycles. The summed E-state index contributed by atoms with van der Waals surface area (Å²) in [6, 6.07) is -2.55. The van der Waals surface area contributed by atoms with Gasteiger partial charge in [-0.2, -0.15) is 0 Å². The fourth-order valence-electron chi connectivity index (χ4n) is 1.14. The van der Waals surface area contributed by atoms with Crippen LogP contribution in [0.15, 0.2) is 12.2 Å². The van der Waals surface area contributed by atoms with Gasteiger partial charge < -0.3 is 21.1 Å². The van der Waals surface area contributed by atoms with Gasteiger partial charge in [-0.15, -0.1) is 0 Å². The number of allylic oxidation sites excluding steroid dienone is 1. The van der Waals surface area contributed by atoms with Gasteiger partial charge in [-0.1, -0.05) is 19.1 Å². The van der Waals surface area contributed by atoms with Gasteiger partial charge >= 0.3 is 11.9 Å². The maximum Gasteiger partial charge on any atom is 0.326 e. The van der Waals surface area contributed by atoms with E-state index in [4.69, 9.17) is 10.8 Å². The number of rotatable bonds is 7. The Hall–Kier alpha value is -1.05. The number of carboxylic acid groups (broad SMARTS) is 1. The zero-order valence-corrected chi connectivity index (χ0v) is 9.38. The number of hydrogen-bond acceptors (Lipinski definition) is 4. The molecule has 3 unspecified atom stereocenters. The van der Waals surface area contributed by atoms with E-state index in [2.05, 4.69) is 0 Å². The maximum atomic E-state index is 13.3. The van der Waals surface area contributed by atoms with E-state index in [0.717, 1.165) is 0 Å². The third-order valence-corrected chi connectivity index (χ3v) is 2.22. The molecule has 0 rings (SSSR count). The fourth-order valence-corrected chi connectivity index (χ4v) is 1.14. The van der Waals surface area contributed by atoms with Crippen LogP contribution in [0.5, 0.6) is 0 Å². The normalized spacial score (nSPS) is 18.0. The van der Waals surface area contributed by atoms with E-state index in [-0.39, 0.29) is 6.42 Å². The van der Waals surface area contributed by atoms with Crippen molar-refractivity contribution in [3.8, 4) is 0 Å². The van der Waals surface area contributed by atoms with E-state index in [1.165, 1.54) is 6.08 Å². The lowest BCUT2D eigenvalue weighted by Gasteiger charge is -2.28. The fraction of sp³-hybridized carbons (Fsp3) is 0.700. The predicted molar refractivity (Wildman–Crippen MR) is 56.6 cm³/mol. The summed E-state index contributed by atoms with van der Waals surface area (Å²) in [4.78, 5) is 10.3. The van der Waals surface area contributed by atoms with Gasteiger partial charge in [-0.05, 0) is 12.8 Å². The molecule has 0 radical (unpaired) electrons. The number of nitrogens with two attached hydrogens (primary N) is 1. The van der Waals surface area contributed by atoms with E-state index in [0.29, 0.717) is 6.42 Å². The minimum absolute atomic E-state index is 0.197. The molecule has 0 saturated heterocycles. The van der Waals surface area contributed by atoms with Crippen LogP contribution in [0.1, 0.15) is 19.8 Å². The lowest BCUT2D eigenvalue weighted by atomic mass is 9.98. The van der Waals surface area contributed by atoms with Crippen LogP contribution >= 0.6 is 0 Å². The van der Waals surface area contributed by atoms with Crippen LogP contribution in [0, 0.1) is 0 Å². The molecule has 0 bridgehead atoms. The Balaban J connectivity index is 4.60. The third kappa shape index (κ3) is 4.37. The summed E-state index contributed by atoms with van der Waals surface area (Å²) < 4.78 is 26.6. The quantitative estimate of drug-likeness (QED) is 0.482. The van der Waals surface area contributed by atoms with E-state index in [1.54, 1.807) is 6.08 Å². The van der Waals surface area contributed by atoms with Gasteiger partial charge in [0.2, 0.25) is 0 Å². The van der Waals surface area contributed by atoms with Gasteiger partial charge in [0.25, 0.3) is 0 Å². The molecular weight excluding hydrogens is 236 g/mol. The lowest BCUT2D eigenvalue weighted by Crippen LogP contribution is -2.57. The molecule has 5 N–H and O–H groups in total. The summed E-state index contributed by atoms with van der Waals surface area (Å²) in [5.41, 5.74) is 4.75. The molecule has 0 saturated carbocycles. The Bertz CT molecular complexity index is 283. The minimum atomic E-state index is -4.09. The number of aliphatic hydroxyl groups excluding tert-OH is 2. The number of alkyl halides is 2. The molecule has 100 valence electrons. The van der Waals surface area contributed by atoms with E-state index >= 15 is 0 Å². The Morgan fingerprint density at radius 3 is 2.35 bits per heavy atom. The molecule has 0 aromatic rings. The van der Waals surface area contributed by atoms with Crippen LogP contribution < -0.4 is 5.73 Å². The Kier molecular flexibility index (Phi) is 6.22. The van der Waals surface area contributed by atoms with E-state index in [1.807, 2.05) is 6.92 Å². The van der Waals surface area contributed by atoms with Gasteiger partial charge in [0.1, 0.15) is 6.10 Å². The van der Waals surface area contributed by atoms with Crippen molar-refractivity contribution >= 4 is 5.97 Å². The van der Waals surface area contributed by atoms with Crippen LogP contribution in [-0.4, -0.2) is 45.5 Å². The Labute approximate surface area is 97.5 Å². The zero-order chi connectivity index (χ0) is 13.6. The second-order valence-electron chi connectivity index (χ2n) is 3.62. The second kappa shape index (κ2) is 6.63. The standard InChI is InChI=1S/C10H17F2NO4/c1-2-3-4-5-6(14)8(15)10(11,12)7(13)9(16)17/h3-4,6-8,14-15H,2,5,13H2,1H3,(H,16,17)/b4-3+. The summed E-state index contributed by atoms with van der Waals surface area (Å²) >= 11 is 0. The van der Waals surface area contributed by atoms with Crippen molar-refractivity contribution in [3.63, 3.8) is 0 Å². The van der Waals surface area contributed by atoms with Gasteiger partial charge in [-0.25, -0.2) is 8.78 Å². The first-order chi connectivity index (χ1) is 7.75. The molecule has 0 aliphatic rings. The summed E-state index contributed by atoms with van der Waals surface area (Å²) in [7, 11) is 0. The van der Waals surface area contributed by atoms with Gasteiger partial charge in [0.05, 0.1) is 6.10 Å². The molecule has 7 heteroatoms. The Morgan fingerprint density at radius 1 is 1.41 bits per heavy atom. The minimum Gasteiger partial charge on any atom is -0.480 e. The van der Waals surface area contributed by atoms with E-state index < -0.39 is 30.1 Å². The maximum absolute atomic E-state index is 13.3. The molecule has 0 heterocycles. The molecule has 0 fully saturated rings. The van der Waals surface area contributed by atoms with Gasteiger partial charge in [0.15, 0.2) is 6.04 Å². The highest BCUT2D eigenvalue weighted by atomic mass is 19.3. The van der Waals surface area contributed by atoms with Gasteiger partial charge in [0, 0.05) is 0 Å². The number of carboxylic acids is 1. The molecule has 3 atom stereocenters. The number of aliphatic hydroxyl groups is 2. The number of halogens is 2.